The zero-order valence-electron chi connectivity index (χ0n) is 8.66. The highest BCUT2D eigenvalue weighted by molar-refractivity contribution is 5.81. The zero-order valence-corrected chi connectivity index (χ0v) is 8.66. The molecule has 84 valence electrons. The van der Waals surface area contributed by atoms with Crippen LogP contribution in [0.1, 0.15) is 5.56 Å². The number of halogens is 2. The van der Waals surface area contributed by atoms with Crippen LogP contribution >= 0.6 is 0 Å². The number of pyridine rings is 1. The van der Waals surface area contributed by atoms with Gasteiger partial charge in [-0.3, -0.25) is 4.98 Å². The lowest BCUT2D eigenvalue weighted by Gasteiger charge is -2.06. The first-order chi connectivity index (χ1) is 7.77. The molecular weight excluding hydrogens is 210 g/mol. The van der Waals surface area contributed by atoms with Gasteiger partial charge in [0.15, 0.2) is 0 Å². The van der Waals surface area contributed by atoms with Gasteiger partial charge in [-0.25, -0.2) is 8.78 Å². The molecule has 0 bridgehead atoms. The van der Waals surface area contributed by atoms with Crippen molar-refractivity contribution in [1.29, 1.82) is 0 Å². The number of alkyl halides is 2. The van der Waals surface area contributed by atoms with Crippen molar-refractivity contribution in [1.82, 2.24) is 10.3 Å². The van der Waals surface area contributed by atoms with Crippen molar-refractivity contribution in [2.75, 3.05) is 6.54 Å². The summed E-state index contributed by atoms with van der Waals surface area (Å²) in [6, 6.07) is 9.58. The number of nitrogens with zero attached hydrogens (tertiary/aromatic N) is 1. The van der Waals surface area contributed by atoms with Gasteiger partial charge in [0.25, 0.3) is 6.43 Å². The van der Waals surface area contributed by atoms with Crippen LogP contribution in [-0.2, 0) is 6.54 Å². The van der Waals surface area contributed by atoms with E-state index in [4.69, 9.17) is 0 Å². The molecule has 4 heteroatoms. The lowest BCUT2D eigenvalue weighted by atomic mass is 10.1. The van der Waals surface area contributed by atoms with E-state index in [1.54, 1.807) is 6.20 Å². The fourth-order valence-electron chi connectivity index (χ4n) is 1.63. The van der Waals surface area contributed by atoms with Crippen LogP contribution in [0.5, 0.6) is 0 Å². The largest absolute Gasteiger partial charge is 0.307 e. The van der Waals surface area contributed by atoms with Crippen LogP contribution in [0.4, 0.5) is 8.78 Å². The normalized spacial score (nSPS) is 11.2. The smallest absolute Gasteiger partial charge is 0.250 e. The van der Waals surface area contributed by atoms with Crippen molar-refractivity contribution in [3.63, 3.8) is 0 Å². The maximum Gasteiger partial charge on any atom is 0.250 e. The summed E-state index contributed by atoms with van der Waals surface area (Å²) in [7, 11) is 0. The summed E-state index contributed by atoms with van der Waals surface area (Å²) in [6.07, 6.45) is -0.609. The highest BCUT2D eigenvalue weighted by Crippen LogP contribution is 2.15. The van der Waals surface area contributed by atoms with Crippen molar-refractivity contribution in [2.45, 2.75) is 13.0 Å². The Hall–Kier alpha value is -1.55. The van der Waals surface area contributed by atoms with Crippen molar-refractivity contribution in [3.05, 3.63) is 42.1 Å². The van der Waals surface area contributed by atoms with E-state index in [1.807, 2.05) is 30.3 Å². The van der Waals surface area contributed by atoms with Crippen LogP contribution in [0.2, 0.25) is 0 Å². The van der Waals surface area contributed by atoms with Crippen LogP contribution in [0.15, 0.2) is 36.5 Å². The zero-order chi connectivity index (χ0) is 11.4. The van der Waals surface area contributed by atoms with E-state index >= 15 is 0 Å². The summed E-state index contributed by atoms with van der Waals surface area (Å²) < 4.78 is 23.9. The molecule has 0 aliphatic heterocycles. The minimum Gasteiger partial charge on any atom is -0.307 e. The molecule has 1 aromatic heterocycles. The summed E-state index contributed by atoms with van der Waals surface area (Å²) in [6.45, 7) is 0.127. The first-order valence-corrected chi connectivity index (χ1v) is 5.09. The van der Waals surface area contributed by atoms with Gasteiger partial charge in [0.2, 0.25) is 0 Å². The van der Waals surface area contributed by atoms with Gasteiger partial charge in [-0.05, 0) is 11.6 Å². The second-order valence-corrected chi connectivity index (χ2v) is 3.51. The van der Waals surface area contributed by atoms with Crippen LogP contribution < -0.4 is 5.32 Å². The van der Waals surface area contributed by atoms with Crippen LogP contribution in [0.25, 0.3) is 10.9 Å². The number of para-hydroxylation sites is 1. The number of fused-ring (bicyclic) bond motifs is 1. The minimum absolute atomic E-state index is 0.288. The number of aromatic nitrogens is 1. The molecule has 1 heterocycles. The van der Waals surface area contributed by atoms with E-state index in [0.29, 0.717) is 6.54 Å². The van der Waals surface area contributed by atoms with Gasteiger partial charge in [-0.2, -0.15) is 0 Å². The third-order valence-electron chi connectivity index (χ3n) is 2.33. The Balaban J connectivity index is 2.17. The Kier molecular flexibility index (Phi) is 3.41. The molecule has 0 atom stereocenters. The Morgan fingerprint density at radius 3 is 2.81 bits per heavy atom. The topological polar surface area (TPSA) is 24.9 Å². The molecule has 1 N–H and O–H groups in total. The van der Waals surface area contributed by atoms with E-state index in [1.165, 1.54) is 0 Å². The minimum atomic E-state index is -2.32. The third kappa shape index (κ3) is 2.52. The Morgan fingerprint density at radius 1 is 1.19 bits per heavy atom. The number of hydrogen-bond donors (Lipinski definition) is 1. The first-order valence-electron chi connectivity index (χ1n) is 5.09. The molecule has 2 nitrogen and oxygen atoms in total. The Bertz CT molecular complexity index is 466. The highest BCUT2D eigenvalue weighted by Gasteiger charge is 2.04. The fraction of sp³-hybridized carbons (Fsp3) is 0.250. The second kappa shape index (κ2) is 4.99. The third-order valence-corrected chi connectivity index (χ3v) is 2.33. The quantitative estimate of drug-likeness (QED) is 0.860. The van der Waals surface area contributed by atoms with Gasteiger partial charge < -0.3 is 5.32 Å². The molecule has 0 radical (unpaired) electrons. The predicted molar refractivity (Wildman–Crippen MR) is 59.5 cm³/mol. The van der Waals surface area contributed by atoms with Crippen LogP contribution in [0, 0.1) is 0 Å². The van der Waals surface area contributed by atoms with Gasteiger partial charge in [0.1, 0.15) is 0 Å². The maximum absolute atomic E-state index is 12.0. The van der Waals surface area contributed by atoms with Gasteiger partial charge in [-0.15, -0.1) is 0 Å². The molecule has 2 rings (SSSR count). The molecule has 0 unspecified atom stereocenters. The Morgan fingerprint density at radius 2 is 2.00 bits per heavy atom. The van der Waals surface area contributed by atoms with Crippen molar-refractivity contribution >= 4 is 10.9 Å². The average Bonchev–Trinajstić information content (AvgIpc) is 2.29. The van der Waals surface area contributed by atoms with E-state index in [-0.39, 0.29) is 6.54 Å². The molecule has 2 aromatic rings. The van der Waals surface area contributed by atoms with Crippen molar-refractivity contribution in [2.24, 2.45) is 0 Å². The van der Waals surface area contributed by atoms with E-state index in [2.05, 4.69) is 10.3 Å². The second-order valence-electron chi connectivity index (χ2n) is 3.51. The predicted octanol–water partition coefficient (Wildman–Crippen LogP) is 2.59. The maximum atomic E-state index is 12.0. The van der Waals surface area contributed by atoms with Gasteiger partial charge in [0.05, 0.1) is 12.1 Å². The molecule has 0 amide bonds. The average molecular weight is 222 g/mol. The van der Waals surface area contributed by atoms with Crippen molar-refractivity contribution in [3.8, 4) is 0 Å². The summed E-state index contributed by atoms with van der Waals surface area (Å²) in [5.41, 5.74) is 1.81. The number of rotatable bonds is 4. The number of hydrogen-bond acceptors (Lipinski definition) is 2. The fourth-order valence-corrected chi connectivity index (χ4v) is 1.63. The SMILES string of the molecule is FC(F)CNCc1cccc2cccnc12. The van der Waals surface area contributed by atoms with Gasteiger partial charge in [0, 0.05) is 18.1 Å². The van der Waals surface area contributed by atoms with Crippen molar-refractivity contribution < 1.29 is 8.78 Å². The van der Waals surface area contributed by atoms with Gasteiger partial charge in [-0.1, -0.05) is 24.3 Å². The standard InChI is InChI=1S/C12H12F2N2/c13-11(14)8-15-7-10-4-1-3-9-5-2-6-16-12(9)10/h1-6,11,15H,7-8H2. The molecule has 0 aliphatic rings. The van der Waals surface area contributed by atoms with E-state index in [0.717, 1.165) is 16.5 Å². The summed E-state index contributed by atoms with van der Waals surface area (Å²) in [5.74, 6) is 0. The molecule has 0 saturated carbocycles. The van der Waals surface area contributed by atoms with E-state index in [9.17, 15) is 8.78 Å². The molecule has 0 saturated heterocycles. The van der Waals surface area contributed by atoms with Crippen LogP contribution in [0.3, 0.4) is 0 Å². The molecule has 0 fully saturated rings. The molecular formula is C12H12F2N2. The lowest BCUT2D eigenvalue weighted by Crippen LogP contribution is -2.20. The molecule has 0 spiro atoms. The molecule has 16 heavy (non-hydrogen) atoms. The van der Waals surface area contributed by atoms with Crippen LogP contribution in [-0.4, -0.2) is 18.0 Å². The summed E-state index contributed by atoms with van der Waals surface area (Å²) in [4.78, 5) is 4.25. The lowest BCUT2D eigenvalue weighted by molar-refractivity contribution is 0.145. The summed E-state index contributed by atoms with van der Waals surface area (Å²) >= 11 is 0. The number of nitrogens with one attached hydrogen (secondary N) is 1. The number of benzene rings is 1. The summed E-state index contributed by atoms with van der Waals surface area (Å²) in [5, 5.41) is 3.73. The molecule has 0 aliphatic carbocycles. The Labute approximate surface area is 92.3 Å². The molecule has 1 aromatic carbocycles. The monoisotopic (exact) mass is 222 g/mol. The highest BCUT2D eigenvalue weighted by atomic mass is 19.3. The van der Waals surface area contributed by atoms with E-state index < -0.39 is 6.43 Å². The first kappa shape index (κ1) is 11.0. The van der Waals surface area contributed by atoms with Gasteiger partial charge >= 0.3 is 0 Å².